The largest absolute Gasteiger partial charge is 0.444 e. The summed E-state index contributed by atoms with van der Waals surface area (Å²) in [6.07, 6.45) is 11.7. The van der Waals surface area contributed by atoms with Gasteiger partial charge in [0.05, 0.1) is 0 Å². The fraction of sp³-hybridized carbons (Fsp3) is 0.960. The van der Waals surface area contributed by atoms with Gasteiger partial charge in [0.15, 0.2) is 0 Å². The van der Waals surface area contributed by atoms with Crippen molar-refractivity contribution in [3.63, 3.8) is 0 Å². The molecule has 0 aromatic heterocycles. The molecule has 0 aromatic carbocycles. The second kappa shape index (κ2) is 21.0. The second-order valence-electron chi connectivity index (χ2n) is 8.67. The molecule has 1 rings (SSSR count). The molecule has 0 N–H and O–H groups in total. The van der Waals surface area contributed by atoms with E-state index in [1.807, 2.05) is 39.5 Å². The Hall–Kier alpha value is -0.730. The van der Waals surface area contributed by atoms with Gasteiger partial charge < -0.3 is 9.64 Å². The zero-order valence-corrected chi connectivity index (χ0v) is 21.5. The van der Waals surface area contributed by atoms with Crippen LogP contribution in [0.4, 0.5) is 4.79 Å². The van der Waals surface area contributed by atoms with Crippen LogP contribution in [0.3, 0.4) is 0 Å². The van der Waals surface area contributed by atoms with Crippen LogP contribution in [0, 0.1) is 5.92 Å². The fourth-order valence-corrected chi connectivity index (χ4v) is 2.47. The third kappa shape index (κ3) is 21.6. The van der Waals surface area contributed by atoms with E-state index in [-0.39, 0.29) is 11.7 Å². The maximum absolute atomic E-state index is 11.6. The number of carbonyl (C=O) groups is 1. The Balaban J connectivity index is -0.000000363. The number of hydrogen-bond donors (Lipinski definition) is 0. The first-order valence-corrected chi connectivity index (χ1v) is 12.1. The van der Waals surface area contributed by atoms with Crippen molar-refractivity contribution in [1.29, 1.82) is 0 Å². The van der Waals surface area contributed by atoms with Gasteiger partial charge in [-0.25, -0.2) is 4.79 Å². The molecular weight excluding hydrogens is 346 g/mol. The van der Waals surface area contributed by atoms with Crippen LogP contribution in [-0.4, -0.2) is 29.2 Å². The molecule has 0 bridgehead atoms. The number of nitrogens with zero attached hydrogens (tertiary/aromatic N) is 1. The first-order chi connectivity index (χ1) is 13.1. The van der Waals surface area contributed by atoms with Gasteiger partial charge in [0.1, 0.15) is 5.60 Å². The third-order valence-corrected chi connectivity index (χ3v) is 4.68. The molecule has 0 radical (unpaired) electrons. The Bertz CT molecular complexity index is 321. The molecule has 2 unspecified atom stereocenters. The zero-order valence-electron chi connectivity index (χ0n) is 21.5. The molecule has 0 saturated carbocycles. The molecule has 1 heterocycles. The Morgan fingerprint density at radius 2 is 1.57 bits per heavy atom. The molecule has 2 atom stereocenters. The van der Waals surface area contributed by atoms with Crippen LogP contribution >= 0.6 is 0 Å². The maximum Gasteiger partial charge on any atom is 0.410 e. The lowest BCUT2D eigenvalue weighted by Crippen LogP contribution is -2.38. The van der Waals surface area contributed by atoms with Crippen LogP contribution in [0.5, 0.6) is 0 Å². The molecule has 28 heavy (non-hydrogen) atoms. The van der Waals surface area contributed by atoms with Gasteiger partial charge in [-0.2, -0.15) is 0 Å². The molecule has 3 nitrogen and oxygen atoms in total. The Morgan fingerprint density at radius 3 is 1.89 bits per heavy atom. The van der Waals surface area contributed by atoms with E-state index in [4.69, 9.17) is 4.74 Å². The van der Waals surface area contributed by atoms with Crippen LogP contribution in [-0.2, 0) is 4.74 Å². The summed E-state index contributed by atoms with van der Waals surface area (Å²) in [6, 6.07) is 0.342. The second-order valence-corrected chi connectivity index (χ2v) is 8.67. The van der Waals surface area contributed by atoms with Gasteiger partial charge in [0.25, 0.3) is 0 Å². The molecule has 0 spiro atoms. The molecule has 1 aliphatic rings. The van der Waals surface area contributed by atoms with E-state index < -0.39 is 0 Å². The van der Waals surface area contributed by atoms with E-state index in [2.05, 4.69) is 41.5 Å². The van der Waals surface area contributed by atoms with Crippen molar-refractivity contribution >= 4 is 6.09 Å². The minimum absolute atomic E-state index is 0.169. The normalized spacial score (nSPS) is 16.5. The van der Waals surface area contributed by atoms with E-state index in [1.165, 1.54) is 44.9 Å². The smallest absolute Gasteiger partial charge is 0.410 e. The lowest BCUT2D eigenvalue weighted by Gasteiger charge is -2.26. The Kier molecular flexibility index (Phi) is 24.0. The molecule has 1 amide bonds. The van der Waals surface area contributed by atoms with Crippen molar-refractivity contribution in [3.05, 3.63) is 0 Å². The number of rotatable bonds is 6. The van der Waals surface area contributed by atoms with Gasteiger partial charge in [-0.15, -0.1) is 0 Å². The van der Waals surface area contributed by atoms with E-state index in [9.17, 15) is 4.79 Å². The van der Waals surface area contributed by atoms with Gasteiger partial charge in [-0.1, -0.05) is 93.4 Å². The van der Waals surface area contributed by atoms with Gasteiger partial charge in [0.2, 0.25) is 0 Å². The first kappa shape index (κ1) is 31.9. The standard InChI is InChI=1S/C10H19NO2.C9H20.C4H10.C2H6/c1-8-6-5-7-11(8)9(12)13-10(2,3)4;1-4-6-7-8-9(3)5-2;1-3-4-2;1-2/h8H,5-7H2,1-4H3;9H,4-8H2,1-3H3;3-4H2,1-2H3;1-2H3. The highest BCUT2D eigenvalue weighted by molar-refractivity contribution is 5.68. The summed E-state index contributed by atoms with van der Waals surface area (Å²) in [7, 11) is 0. The topological polar surface area (TPSA) is 29.5 Å². The van der Waals surface area contributed by atoms with Gasteiger partial charge in [-0.05, 0) is 46.5 Å². The SMILES string of the molecule is CC.CC1CCCN1C(=O)OC(C)(C)C.CCCC.CCCCCC(C)CC. The van der Waals surface area contributed by atoms with Crippen LogP contribution in [0.25, 0.3) is 0 Å². The van der Waals surface area contributed by atoms with E-state index in [1.54, 1.807) is 0 Å². The highest BCUT2D eigenvalue weighted by Gasteiger charge is 2.28. The lowest BCUT2D eigenvalue weighted by molar-refractivity contribution is 0.0239. The van der Waals surface area contributed by atoms with Crippen LogP contribution in [0.15, 0.2) is 0 Å². The quantitative estimate of drug-likeness (QED) is 0.416. The summed E-state index contributed by atoms with van der Waals surface area (Å²) >= 11 is 0. The van der Waals surface area contributed by atoms with Crippen molar-refractivity contribution in [3.8, 4) is 0 Å². The number of hydrogen-bond acceptors (Lipinski definition) is 2. The lowest BCUT2D eigenvalue weighted by atomic mass is 10.0. The van der Waals surface area contributed by atoms with E-state index in [0.717, 1.165) is 25.3 Å². The molecular formula is C25H55NO2. The molecule has 1 saturated heterocycles. The van der Waals surface area contributed by atoms with Crippen molar-refractivity contribution in [2.45, 2.75) is 146 Å². The predicted molar refractivity (Wildman–Crippen MR) is 127 cm³/mol. The number of likely N-dealkylation sites (tertiary alicyclic amines) is 1. The highest BCUT2D eigenvalue weighted by atomic mass is 16.6. The van der Waals surface area contributed by atoms with Crippen molar-refractivity contribution in [2.75, 3.05) is 6.54 Å². The van der Waals surface area contributed by atoms with Crippen molar-refractivity contribution < 1.29 is 9.53 Å². The summed E-state index contributed by atoms with van der Waals surface area (Å²) in [5.74, 6) is 0.955. The Morgan fingerprint density at radius 1 is 1.04 bits per heavy atom. The molecule has 3 heteroatoms. The van der Waals surface area contributed by atoms with E-state index in [0.29, 0.717) is 6.04 Å². The van der Waals surface area contributed by atoms with E-state index >= 15 is 0 Å². The number of unbranched alkanes of at least 4 members (excludes halogenated alkanes) is 3. The van der Waals surface area contributed by atoms with Crippen LogP contribution < -0.4 is 0 Å². The number of amides is 1. The minimum Gasteiger partial charge on any atom is -0.444 e. The van der Waals surface area contributed by atoms with Crippen LogP contribution in [0.2, 0.25) is 0 Å². The third-order valence-electron chi connectivity index (χ3n) is 4.68. The summed E-state index contributed by atoms with van der Waals surface area (Å²) in [5, 5.41) is 0. The van der Waals surface area contributed by atoms with Gasteiger partial charge >= 0.3 is 6.09 Å². The monoisotopic (exact) mass is 401 g/mol. The Labute approximate surface area is 179 Å². The maximum atomic E-state index is 11.6. The fourth-order valence-electron chi connectivity index (χ4n) is 2.47. The molecule has 0 aliphatic carbocycles. The molecule has 1 aliphatic heterocycles. The highest BCUT2D eigenvalue weighted by Crippen LogP contribution is 2.19. The summed E-state index contributed by atoms with van der Waals surface area (Å²) < 4.78 is 5.28. The van der Waals surface area contributed by atoms with Crippen molar-refractivity contribution in [1.82, 2.24) is 4.90 Å². The molecule has 1 fully saturated rings. The van der Waals surface area contributed by atoms with Crippen molar-refractivity contribution in [2.24, 2.45) is 5.92 Å². The summed E-state index contributed by atoms with van der Waals surface area (Å²) in [4.78, 5) is 13.4. The van der Waals surface area contributed by atoms with Crippen LogP contribution in [0.1, 0.15) is 134 Å². The minimum atomic E-state index is -0.376. The summed E-state index contributed by atoms with van der Waals surface area (Å²) in [6.45, 7) is 23.8. The molecule has 172 valence electrons. The number of carbonyl (C=O) groups excluding carboxylic acids is 1. The zero-order chi connectivity index (χ0) is 22.6. The van der Waals surface area contributed by atoms with Gasteiger partial charge in [0, 0.05) is 12.6 Å². The average Bonchev–Trinajstić information content (AvgIpc) is 3.09. The number of ether oxygens (including phenoxy) is 1. The summed E-state index contributed by atoms with van der Waals surface area (Å²) in [5.41, 5.74) is -0.376. The van der Waals surface area contributed by atoms with Gasteiger partial charge in [-0.3, -0.25) is 0 Å². The molecule has 0 aromatic rings. The average molecular weight is 402 g/mol. The predicted octanol–water partition coefficient (Wildman–Crippen LogP) is 8.85. The first-order valence-electron chi connectivity index (χ1n) is 12.1.